The molecule has 7 heteroatoms. The number of fused-ring (bicyclic) bond motifs is 1. The molecule has 39 heavy (non-hydrogen) atoms. The third-order valence-electron chi connectivity index (χ3n) is 9.74. The second kappa shape index (κ2) is 12.4. The first-order valence-corrected chi connectivity index (χ1v) is 14.9. The van der Waals surface area contributed by atoms with Gasteiger partial charge in [0.25, 0.3) is 0 Å². The van der Waals surface area contributed by atoms with Gasteiger partial charge in [0.15, 0.2) is 17.3 Å². The van der Waals surface area contributed by atoms with Gasteiger partial charge in [0.05, 0.1) is 19.1 Å². The summed E-state index contributed by atoms with van der Waals surface area (Å²) in [5, 5.41) is 35.6. The highest BCUT2D eigenvalue weighted by Gasteiger charge is 2.36. The highest BCUT2D eigenvalue weighted by molar-refractivity contribution is 5.85. The summed E-state index contributed by atoms with van der Waals surface area (Å²) in [4.78, 5) is 25.0. The number of phenols is 1. The Bertz CT molecular complexity index is 1140. The van der Waals surface area contributed by atoms with Crippen molar-refractivity contribution in [1.82, 2.24) is 5.32 Å². The van der Waals surface area contributed by atoms with E-state index in [2.05, 4.69) is 17.2 Å². The molecule has 4 N–H and O–H groups in total. The Morgan fingerprint density at radius 2 is 1.97 bits per heavy atom. The normalized spacial score (nSPS) is 31.1. The minimum atomic E-state index is -0.817. The Morgan fingerprint density at radius 3 is 2.77 bits per heavy atom. The van der Waals surface area contributed by atoms with Crippen LogP contribution in [-0.2, 0) is 22.4 Å². The SMILES string of the molecule is COc1cc2c3c(c1O)CCC(CO)C3C#CC(C(O)CCCCC1CNC3CC(=O)CCC3C1)C(=O)CC2. The summed E-state index contributed by atoms with van der Waals surface area (Å²) in [6, 6.07) is 2.17. The largest absolute Gasteiger partial charge is 0.504 e. The number of unbranched alkanes of at least 4 members (excludes halogenated alkanes) is 1. The molecule has 7 atom stereocenters. The fourth-order valence-corrected chi connectivity index (χ4v) is 7.47. The zero-order valence-corrected chi connectivity index (χ0v) is 23.1. The Balaban J connectivity index is 1.22. The topological polar surface area (TPSA) is 116 Å². The van der Waals surface area contributed by atoms with E-state index >= 15 is 0 Å². The number of aromatic hydroxyl groups is 1. The van der Waals surface area contributed by atoms with E-state index < -0.39 is 12.0 Å². The standard InChI is InChI=1S/C32H43NO6/c1-39-30-15-21-8-13-29(37)25(12-11-24-22(18-34)7-10-26(31(21)24)32(30)38)28(36)5-3-2-4-19-14-20-6-9-23(35)16-27(20)33-17-19/h15,19-20,22,24-25,27-28,33-34,36,38H,2-10,13-14,16-18H2,1H3. The lowest BCUT2D eigenvalue weighted by molar-refractivity contribution is -0.124. The minimum absolute atomic E-state index is 0.0138. The molecule has 0 spiro atoms. The molecule has 0 bridgehead atoms. The Morgan fingerprint density at radius 1 is 1.13 bits per heavy atom. The van der Waals surface area contributed by atoms with Crippen molar-refractivity contribution in [3.63, 3.8) is 0 Å². The van der Waals surface area contributed by atoms with Gasteiger partial charge in [-0.15, -0.1) is 0 Å². The van der Waals surface area contributed by atoms with Crippen molar-refractivity contribution in [3.05, 3.63) is 22.8 Å². The van der Waals surface area contributed by atoms with Crippen LogP contribution in [-0.4, -0.2) is 59.3 Å². The van der Waals surface area contributed by atoms with Crippen molar-refractivity contribution >= 4 is 11.6 Å². The summed E-state index contributed by atoms with van der Waals surface area (Å²) in [6.07, 6.45) is 8.31. The number of hydrogen-bond acceptors (Lipinski definition) is 7. The van der Waals surface area contributed by atoms with E-state index in [4.69, 9.17) is 4.74 Å². The van der Waals surface area contributed by atoms with Gasteiger partial charge in [-0.1, -0.05) is 24.7 Å². The summed E-state index contributed by atoms with van der Waals surface area (Å²) in [7, 11) is 1.52. The molecule has 1 saturated heterocycles. The molecule has 1 heterocycles. The first-order valence-electron chi connectivity index (χ1n) is 14.9. The summed E-state index contributed by atoms with van der Waals surface area (Å²) in [6.45, 7) is 0.944. The average molecular weight is 538 g/mol. The minimum Gasteiger partial charge on any atom is -0.504 e. The van der Waals surface area contributed by atoms with Crippen molar-refractivity contribution in [2.75, 3.05) is 20.3 Å². The third kappa shape index (κ3) is 6.04. The number of phenolic OH excluding ortho intramolecular Hbond substituents is 1. The Kier molecular flexibility index (Phi) is 8.96. The predicted octanol–water partition coefficient (Wildman–Crippen LogP) is 3.44. The van der Waals surface area contributed by atoms with Crippen molar-refractivity contribution in [2.24, 2.45) is 23.7 Å². The van der Waals surface area contributed by atoms with Crippen molar-refractivity contribution in [3.8, 4) is 23.3 Å². The molecule has 1 saturated carbocycles. The van der Waals surface area contributed by atoms with Gasteiger partial charge in [0.2, 0.25) is 0 Å². The number of carbonyl (C=O) groups is 2. The second-order valence-corrected chi connectivity index (χ2v) is 12.2. The number of aliphatic hydroxyl groups is 2. The van der Waals surface area contributed by atoms with E-state index in [1.165, 1.54) is 13.5 Å². The van der Waals surface area contributed by atoms with Gasteiger partial charge in [0, 0.05) is 43.4 Å². The molecule has 1 aromatic carbocycles. The molecule has 0 amide bonds. The molecule has 0 radical (unpaired) electrons. The Labute approximate surface area is 231 Å². The van der Waals surface area contributed by atoms with Crippen LogP contribution in [0.4, 0.5) is 0 Å². The zero-order chi connectivity index (χ0) is 27.5. The third-order valence-corrected chi connectivity index (χ3v) is 9.74. The zero-order valence-electron chi connectivity index (χ0n) is 23.1. The van der Waals surface area contributed by atoms with Gasteiger partial charge in [-0.2, -0.15) is 0 Å². The number of aliphatic hydroxyl groups excluding tert-OH is 2. The molecule has 0 aromatic heterocycles. The first kappa shape index (κ1) is 28.1. The van der Waals surface area contributed by atoms with E-state index in [9.17, 15) is 24.9 Å². The maximum Gasteiger partial charge on any atom is 0.161 e. The van der Waals surface area contributed by atoms with Gasteiger partial charge in [-0.3, -0.25) is 9.59 Å². The number of Topliss-reactive ketones (excluding diaryl/α,β-unsaturated/α-hetero) is 2. The first-order chi connectivity index (χ1) is 18.9. The monoisotopic (exact) mass is 537 g/mol. The molecule has 7 nitrogen and oxygen atoms in total. The summed E-state index contributed by atoms with van der Waals surface area (Å²) in [5.41, 5.74) is 2.68. The van der Waals surface area contributed by atoms with E-state index in [0.29, 0.717) is 61.5 Å². The lowest BCUT2D eigenvalue weighted by Crippen LogP contribution is -2.48. The number of ketones is 2. The molecule has 1 aliphatic heterocycles. The number of carbonyl (C=O) groups excluding carboxylic acids is 2. The molecule has 5 rings (SSSR count). The molecular formula is C32H43NO6. The van der Waals surface area contributed by atoms with Crippen LogP contribution in [0.25, 0.3) is 0 Å². The molecular weight excluding hydrogens is 494 g/mol. The number of methoxy groups -OCH3 is 1. The molecule has 1 aromatic rings. The average Bonchev–Trinajstić information content (AvgIpc) is 3.01. The quantitative estimate of drug-likeness (QED) is 0.297. The van der Waals surface area contributed by atoms with Gasteiger partial charge in [0.1, 0.15) is 11.7 Å². The van der Waals surface area contributed by atoms with Gasteiger partial charge in [-0.25, -0.2) is 0 Å². The molecule has 3 aliphatic carbocycles. The lowest BCUT2D eigenvalue weighted by Gasteiger charge is -2.39. The summed E-state index contributed by atoms with van der Waals surface area (Å²) < 4.78 is 5.41. The van der Waals surface area contributed by atoms with Crippen LogP contribution in [0.15, 0.2) is 6.07 Å². The fourth-order valence-electron chi connectivity index (χ4n) is 7.47. The number of nitrogens with one attached hydrogen (secondary N) is 1. The number of aryl methyl sites for hydroxylation is 1. The number of rotatable bonds is 8. The van der Waals surface area contributed by atoms with E-state index in [0.717, 1.165) is 55.3 Å². The number of benzene rings is 1. The summed E-state index contributed by atoms with van der Waals surface area (Å²) >= 11 is 0. The van der Waals surface area contributed by atoms with Gasteiger partial charge < -0.3 is 25.4 Å². The van der Waals surface area contributed by atoms with Crippen molar-refractivity contribution in [1.29, 1.82) is 0 Å². The molecule has 212 valence electrons. The number of hydrogen-bond donors (Lipinski definition) is 4. The second-order valence-electron chi connectivity index (χ2n) is 12.2. The van der Waals surface area contributed by atoms with Crippen LogP contribution in [0, 0.1) is 35.5 Å². The maximum atomic E-state index is 13.3. The fraction of sp³-hybridized carbons (Fsp3) is 0.688. The number of piperidine rings is 1. The van der Waals surface area contributed by atoms with Crippen molar-refractivity contribution in [2.45, 2.75) is 95.1 Å². The summed E-state index contributed by atoms with van der Waals surface area (Å²) in [5.74, 6) is 7.39. The van der Waals surface area contributed by atoms with Crippen LogP contribution < -0.4 is 10.1 Å². The smallest absolute Gasteiger partial charge is 0.161 e. The van der Waals surface area contributed by atoms with E-state index in [-0.39, 0.29) is 36.4 Å². The van der Waals surface area contributed by atoms with E-state index in [1.807, 2.05) is 0 Å². The van der Waals surface area contributed by atoms with Crippen LogP contribution in [0.5, 0.6) is 11.5 Å². The van der Waals surface area contributed by atoms with Gasteiger partial charge >= 0.3 is 0 Å². The molecule has 2 fully saturated rings. The van der Waals surface area contributed by atoms with Crippen LogP contribution >= 0.6 is 0 Å². The maximum absolute atomic E-state index is 13.3. The molecule has 4 aliphatic rings. The highest BCUT2D eigenvalue weighted by Crippen LogP contribution is 2.46. The Hall–Kier alpha value is -2.40. The molecule has 7 unspecified atom stereocenters. The predicted molar refractivity (Wildman–Crippen MR) is 148 cm³/mol. The van der Waals surface area contributed by atoms with Crippen LogP contribution in [0.2, 0.25) is 0 Å². The highest BCUT2D eigenvalue weighted by atomic mass is 16.5. The lowest BCUT2D eigenvalue weighted by atomic mass is 9.73. The van der Waals surface area contributed by atoms with E-state index in [1.54, 1.807) is 6.07 Å². The van der Waals surface area contributed by atoms with Crippen LogP contribution in [0.3, 0.4) is 0 Å². The van der Waals surface area contributed by atoms with Gasteiger partial charge in [-0.05, 0) is 80.5 Å². The van der Waals surface area contributed by atoms with Crippen molar-refractivity contribution < 1.29 is 29.6 Å². The van der Waals surface area contributed by atoms with Crippen LogP contribution in [0.1, 0.15) is 86.8 Å². The number of ether oxygens (including phenoxy) is 1.